The summed E-state index contributed by atoms with van der Waals surface area (Å²) >= 11 is 0. The van der Waals surface area contributed by atoms with Gasteiger partial charge in [-0.2, -0.15) is 0 Å². The molecule has 0 aliphatic heterocycles. The van der Waals surface area contributed by atoms with Crippen molar-refractivity contribution in [3.63, 3.8) is 0 Å². The van der Waals surface area contributed by atoms with Gasteiger partial charge in [-0.3, -0.25) is 4.79 Å². The Morgan fingerprint density at radius 1 is 0.952 bits per heavy atom. The van der Waals surface area contributed by atoms with Crippen LogP contribution in [0, 0.1) is 0 Å². The van der Waals surface area contributed by atoms with Gasteiger partial charge in [-0.1, -0.05) is 30.3 Å². The van der Waals surface area contributed by atoms with Crippen LogP contribution in [0.2, 0.25) is 0 Å². The van der Waals surface area contributed by atoms with Crippen LogP contribution in [0.1, 0.15) is 10.4 Å². The smallest absolute Gasteiger partial charge is 0.404 e. The average Bonchev–Trinajstić information content (AvgIpc) is 2.49. The third kappa shape index (κ3) is 5.65. The Kier molecular flexibility index (Phi) is 6.27. The fraction of sp³-hybridized carbons (Fsp3) is 0.0667. The number of hydrogen-bond acceptors (Lipinski definition) is 3. The van der Waals surface area contributed by atoms with Crippen LogP contribution in [-0.4, -0.2) is 29.3 Å². The molecule has 110 valence electrons. The molecule has 21 heavy (non-hydrogen) atoms. The first kappa shape index (κ1) is 16.0. The highest BCUT2D eigenvalue weighted by molar-refractivity contribution is 6.06. The van der Waals surface area contributed by atoms with Crippen molar-refractivity contribution in [2.24, 2.45) is 0 Å². The van der Waals surface area contributed by atoms with E-state index in [4.69, 9.17) is 5.11 Å². The molecule has 0 saturated heterocycles. The van der Waals surface area contributed by atoms with Gasteiger partial charge in [0.15, 0.2) is 0 Å². The van der Waals surface area contributed by atoms with Crippen LogP contribution in [0.15, 0.2) is 54.6 Å². The molecule has 0 atom stereocenters. The van der Waals surface area contributed by atoms with Gasteiger partial charge in [0, 0.05) is 12.7 Å². The van der Waals surface area contributed by atoms with Crippen molar-refractivity contribution in [2.75, 3.05) is 12.4 Å². The average molecular weight is 288 g/mol. The van der Waals surface area contributed by atoms with Crippen molar-refractivity contribution in [3.05, 3.63) is 60.2 Å². The summed E-state index contributed by atoms with van der Waals surface area (Å²) in [7, 11) is 1.35. The Balaban J connectivity index is 0.000000383. The molecule has 0 unspecified atom stereocenters. The van der Waals surface area contributed by atoms with E-state index in [-0.39, 0.29) is 17.2 Å². The highest BCUT2D eigenvalue weighted by Crippen LogP contribution is 2.17. The molecule has 0 radical (unpaired) electrons. The summed E-state index contributed by atoms with van der Waals surface area (Å²) in [6.07, 6.45) is -0.995. The quantitative estimate of drug-likeness (QED) is 0.682. The van der Waals surface area contributed by atoms with Crippen LogP contribution in [0.4, 0.5) is 10.5 Å². The highest BCUT2D eigenvalue weighted by Gasteiger charge is 2.09. The van der Waals surface area contributed by atoms with Crippen molar-refractivity contribution in [2.45, 2.75) is 0 Å². The number of benzene rings is 2. The van der Waals surface area contributed by atoms with Crippen LogP contribution >= 0.6 is 0 Å². The molecule has 4 N–H and O–H groups in total. The summed E-state index contributed by atoms with van der Waals surface area (Å²) in [6, 6.07) is 15.6. The van der Waals surface area contributed by atoms with E-state index in [1.165, 1.54) is 13.1 Å². The fourth-order valence-electron chi connectivity index (χ4n) is 1.39. The predicted molar refractivity (Wildman–Crippen MR) is 79.6 cm³/mol. The van der Waals surface area contributed by atoms with Crippen molar-refractivity contribution in [1.82, 2.24) is 5.32 Å². The number of para-hydroxylation sites is 2. The van der Waals surface area contributed by atoms with Gasteiger partial charge in [0.05, 0.1) is 5.56 Å². The maximum Gasteiger partial charge on any atom is 0.404 e. The number of amides is 2. The van der Waals surface area contributed by atoms with Crippen LogP contribution in [0.25, 0.3) is 0 Å². The molecular weight excluding hydrogens is 272 g/mol. The number of nitrogens with one attached hydrogen (secondary N) is 2. The molecule has 0 aliphatic rings. The molecule has 0 heterocycles. The van der Waals surface area contributed by atoms with Crippen molar-refractivity contribution < 1.29 is 19.8 Å². The topological polar surface area (TPSA) is 98.7 Å². The van der Waals surface area contributed by atoms with Crippen molar-refractivity contribution >= 4 is 17.7 Å². The Morgan fingerprint density at radius 3 is 2.00 bits per heavy atom. The van der Waals surface area contributed by atoms with Gasteiger partial charge in [-0.05, 0) is 24.3 Å². The Bertz CT molecular complexity index is 600. The molecule has 0 saturated carbocycles. The molecule has 0 aliphatic carbocycles. The van der Waals surface area contributed by atoms with Gasteiger partial charge in [0.25, 0.3) is 5.91 Å². The molecule has 6 nitrogen and oxygen atoms in total. The predicted octanol–water partition coefficient (Wildman–Crippen LogP) is 2.53. The minimum absolute atomic E-state index is 0.0177. The third-order valence-corrected chi connectivity index (χ3v) is 2.39. The van der Waals surface area contributed by atoms with E-state index in [0.29, 0.717) is 5.69 Å². The van der Waals surface area contributed by atoms with E-state index in [9.17, 15) is 14.7 Å². The van der Waals surface area contributed by atoms with Gasteiger partial charge in [0.1, 0.15) is 5.75 Å². The summed E-state index contributed by atoms with van der Waals surface area (Å²) in [5.41, 5.74) is 0.974. The third-order valence-electron chi connectivity index (χ3n) is 2.39. The lowest BCUT2D eigenvalue weighted by molar-refractivity contribution is 0.102. The molecule has 6 heteroatoms. The largest absolute Gasteiger partial charge is 0.507 e. The van der Waals surface area contributed by atoms with E-state index < -0.39 is 6.09 Å². The van der Waals surface area contributed by atoms with E-state index in [1.54, 1.807) is 30.3 Å². The van der Waals surface area contributed by atoms with E-state index in [1.807, 2.05) is 23.5 Å². The van der Waals surface area contributed by atoms with E-state index >= 15 is 0 Å². The summed E-state index contributed by atoms with van der Waals surface area (Å²) < 4.78 is 0. The second-order valence-electron chi connectivity index (χ2n) is 3.89. The number of rotatable bonds is 2. The zero-order chi connectivity index (χ0) is 15.7. The van der Waals surface area contributed by atoms with E-state index in [2.05, 4.69) is 5.32 Å². The Morgan fingerprint density at radius 2 is 1.48 bits per heavy atom. The number of phenolic OH excluding ortho intramolecular Hbond substituents is 1. The molecule has 0 spiro atoms. The van der Waals surface area contributed by atoms with E-state index in [0.717, 1.165) is 0 Å². The maximum absolute atomic E-state index is 11.8. The molecule has 2 rings (SSSR count). The Hall–Kier alpha value is -3.02. The zero-order valence-corrected chi connectivity index (χ0v) is 11.4. The normalized spacial score (nSPS) is 9.00. The van der Waals surface area contributed by atoms with Gasteiger partial charge >= 0.3 is 6.09 Å². The molecule has 2 aromatic carbocycles. The summed E-state index contributed by atoms with van der Waals surface area (Å²) in [6.45, 7) is 0. The molecule has 2 amide bonds. The van der Waals surface area contributed by atoms with Crippen molar-refractivity contribution in [3.8, 4) is 5.75 Å². The zero-order valence-electron chi connectivity index (χ0n) is 11.4. The summed E-state index contributed by atoms with van der Waals surface area (Å²) in [5.74, 6) is -0.333. The fourth-order valence-corrected chi connectivity index (χ4v) is 1.39. The molecular formula is C15H16N2O4. The standard InChI is InChI=1S/C13H11NO2.C2H5NO2/c15-12-9-5-4-8-11(12)13(16)14-10-6-2-1-3-7-10;1-3-2(4)5/h1-9,15H,(H,14,16);3H,1H3,(H,4,5). The monoisotopic (exact) mass is 288 g/mol. The van der Waals surface area contributed by atoms with Crippen molar-refractivity contribution in [1.29, 1.82) is 0 Å². The number of phenols is 1. The SMILES string of the molecule is CNC(=O)O.O=C(Nc1ccccc1)c1ccccc1O. The number of carbonyl (C=O) groups excluding carboxylic acids is 1. The second-order valence-corrected chi connectivity index (χ2v) is 3.89. The first-order chi connectivity index (χ1) is 10.0. The van der Waals surface area contributed by atoms with Gasteiger partial charge in [-0.25, -0.2) is 4.79 Å². The first-order valence-electron chi connectivity index (χ1n) is 6.09. The minimum atomic E-state index is -0.995. The lowest BCUT2D eigenvalue weighted by Gasteiger charge is -2.05. The van der Waals surface area contributed by atoms with Gasteiger partial charge in [0.2, 0.25) is 0 Å². The molecule has 0 bridgehead atoms. The minimum Gasteiger partial charge on any atom is -0.507 e. The van der Waals surface area contributed by atoms with Crippen LogP contribution in [0.5, 0.6) is 5.75 Å². The summed E-state index contributed by atoms with van der Waals surface area (Å²) in [5, 5.41) is 21.8. The van der Waals surface area contributed by atoms with Gasteiger partial charge in [-0.15, -0.1) is 0 Å². The number of hydrogen-bond donors (Lipinski definition) is 4. The maximum atomic E-state index is 11.8. The molecule has 0 aromatic heterocycles. The lowest BCUT2D eigenvalue weighted by Crippen LogP contribution is -2.13. The number of carboxylic acid groups (broad SMARTS) is 1. The van der Waals surface area contributed by atoms with Gasteiger partial charge < -0.3 is 20.8 Å². The highest BCUT2D eigenvalue weighted by atomic mass is 16.4. The number of carbonyl (C=O) groups is 2. The number of anilines is 1. The first-order valence-corrected chi connectivity index (χ1v) is 6.09. The molecule has 0 fully saturated rings. The second kappa shape index (κ2) is 8.21. The number of aromatic hydroxyl groups is 1. The van der Waals surface area contributed by atoms with Crippen LogP contribution < -0.4 is 10.6 Å². The summed E-state index contributed by atoms with van der Waals surface area (Å²) in [4.78, 5) is 21.0. The van der Waals surface area contributed by atoms with Crippen LogP contribution in [0.3, 0.4) is 0 Å². The van der Waals surface area contributed by atoms with Crippen LogP contribution in [-0.2, 0) is 0 Å². The Labute approximate surface area is 122 Å². The molecule has 2 aromatic rings. The lowest BCUT2D eigenvalue weighted by atomic mass is 10.2.